The quantitative estimate of drug-likeness (QED) is 0.867. The molecule has 0 aromatic heterocycles. The first kappa shape index (κ1) is 12.4. The van der Waals surface area contributed by atoms with E-state index in [2.05, 4.69) is 39.0 Å². The molecule has 94 valence electrons. The van der Waals surface area contributed by atoms with Gasteiger partial charge in [0.15, 0.2) is 0 Å². The van der Waals surface area contributed by atoms with Crippen molar-refractivity contribution in [3.63, 3.8) is 0 Å². The molecule has 1 aromatic rings. The van der Waals surface area contributed by atoms with E-state index in [1.165, 1.54) is 11.1 Å². The van der Waals surface area contributed by atoms with E-state index in [4.69, 9.17) is 10.5 Å². The molecule has 0 saturated heterocycles. The molecule has 0 aliphatic heterocycles. The lowest BCUT2D eigenvalue weighted by Crippen LogP contribution is -2.05. The molecule has 0 heterocycles. The first-order chi connectivity index (χ1) is 8.02. The molecule has 2 nitrogen and oxygen atoms in total. The second kappa shape index (κ2) is 4.34. The summed E-state index contributed by atoms with van der Waals surface area (Å²) in [6.45, 7) is 10.3. The van der Waals surface area contributed by atoms with Crippen molar-refractivity contribution < 1.29 is 4.74 Å². The summed E-state index contributed by atoms with van der Waals surface area (Å²) in [5.41, 5.74) is 8.96. The summed E-state index contributed by atoms with van der Waals surface area (Å²) in [6, 6.07) is 6.43. The molecule has 0 bridgehead atoms. The van der Waals surface area contributed by atoms with Gasteiger partial charge in [-0.2, -0.15) is 0 Å². The summed E-state index contributed by atoms with van der Waals surface area (Å²) in [7, 11) is 0. The molecule has 2 atom stereocenters. The minimum atomic E-state index is 0.354. The Hall–Kier alpha value is -1.02. The molecule has 2 heteroatoms. The fourth-order valence-corrected chi connectivity index (χ4v) is 3.06. The average Bonchev–Trinajstić information content (AvgIpc) is 2.81. The van der Waals surface area contributed by atoms with Crippen LogP contribution in [0.1, 0.15) is 37.8 Å². The number of hydrogen-bond donors (Lipinski definition) is 1. The predicted octanol–water partition coefficient (Wildman–Crippen LogP) is 3.09. The Labute approximate surface area is 104 Å². The van der Waals surface area contributed by atoms with Crippen molar-refractivity contribution in [3.8, 4) is 5.75 Å². The SMILES string of the molecule is CCOc1ccc([C@H]2[C@H](CN)C2(C)C)c(C)c1. The first-order valence-electron chi connectivity index (χ1n) is 6.45. The van der Waals surface area contributed by atoms with Crippen LogP contribution in [0.2, 0.25) is 0 Å². The molecule has 2 N–H and O–H groups in total. The Morgan fingerprint density at radius 1 is 1.35 bits per heavy atom. The van der Waals surface area contributed by atoms with E-state index < -0.39 is 0 Å². The summed E-state index contributed by atoms with van der Waals surface area (Å²) >= 11 is 0. The van der Waals surface area contributed by atoms with Gasteiger partial charge in [0.05, 0.1) is 6.61 Å². The Morgan fingerprint density at radius 2 is 2.06 bits per heavy atom. The van der Waals surface area contributed by atoms with Crippen molar-refractivity contribution in [2.75, 3.05) is 13.2 Å². The van der Waals surface area contributed by atoms with Gasteiger partial charge in [-0.15, -0.1) is 0 Å². The van der Waals surface area contributed by atoms with Crippen LogP contribution in [0.5, 0.6) is 5.75 Å². The van der Waals surface area contributed by atoms with Gasteiger partial charge in [-0.05, 0) is 60.9 Å². The highest BCUT2D eigenvalue weighted by atomic mass is 16.5. The number of ether oxygens (including phenoxy) is 1. The van der Waals surface area contributed by atoms with Crippen LogP contribution in [0, 0.1) is 18.3 Å². The minimum Gasteiger partial charge on any atom is -0.494 e. The third kappa shape index (κ3) is 2.06. The lowest BCUT2D eigenvalue weighted by Gasteiger charge is -2.10. The van der Waals surface area contributed by atoms with Gasteiger partial charge in [-0.3, -0.25) is 0 Å². The van der Waals surface area contributed by atoms with Crippen LogP contribution in [0.15, 0.2) is 18.2 Å². The highest BCUT2D eigenvalue weighted by Crippen LogP contribution is 2.64. The maximum absolute atomic E-state index is 5.84. The second-order valence-electron chi connectivity index (χ2n) is 5.59. The van der Waals surface area contributed by atoms with Gasteiger partial charge in [-0.1, -0.05) is 19.9 Å². The van der Waals surface area contributed by atoms with Crippen molar-refractivity contribution in [3.05, 3.63) is 29.3 Å². The lowest BCUT2D eigenvalue weighted by atomic mass is 9.99. The fourth-order valence-electron chi connectivity index (χ4n) is 3.06. The smallest absolute Gasteiger partial charge is 0.119 e. The van der Waals surface area contributed by atoms with Crippen molar-refractivity contribution in [2.24, 2.45) is 17.1 Å². The first-order valence-corrected chi connectivity index (χ1v) is 6.45. The van der Waals surface area contributed by atoms with Crippen molar-refractivity contribution in [1.29, 1.82) is 0 Å². The molecule has 0 unspecified atom stereocenters. The molecular weight excluding hydrogens is 210 g/mol. The van der Waals surface area contributed by atoms with Crippen LogP contribution in [0.3, 0.4) is 0 Å². The zero-order chi connectivity index (χ0) is 12.6. The molecule has 1 saturated carbocycles. The highest BCUT2D eigenvalue weighted by molar-refractivity contribution is 5.42. The van der Waals surface area contributed by atoms with Gasteiger partial charge in [-0.25, -0.2) is 0 Å². The van der Waals surface area contributed by atoms with E-state index in [1.54, 1.807) is 0 Å². The van der Waals surface area contributed by atoms with Crippen LogP contribution in [0.25, 0.3) is 0 Å². The summed E-state index contributed by atoms with van der Waals surface area (Å²) in [5.74, 6) is 2.21. The van der Waals surface area contributed by atoms with Crippen molar-refractivity contribution in [2.45, 2.75) is 33.6 Å². The van der Waals surface area contributed by atoms with Crippen LogP contribution in [-0.4, -0.2) is 13.2 Å². The van der Waals surface area contributed by atoms with Crippen LogP contribution >= 0.6 is 0 Å². The molecule has 0 spiro atoms. The molecule has 1 aliphatic rings. The number of aryl methyl sites for hydroxylation is 1. The van der Waals surface area contributed by atoms with E-state index in [0.717, 1.165) is 18.9 Å². The lowest BCUT2D eigenvalue weighted by molar-refractivity contribution is 0.340. The Morgan fingerprint density at radius 3 is 2.53 bits per heavy atom. The average molecular weight is 233 g/mol. The molecule has 0 amide bonds. The largest absolute Gasteiger partial charge is 0.494 e. The number of rotatable bonds is 4. The van der Waals surface area contributed by atoms with Crippen molar-refractivity contribution in [1.82, 2.24) is 0 Å². The molecule has 1 aliphatic carbocycles. The third-order valence-electron chi connectivity index (χ3n) is 4.19. The van der Waals surface area contributed by atoms with Crippen molar-refractivity contribution >= 4 is 0 Å². The van der Waals surface area contributed by atoms with Gasteiger partial charge in [0.1, 0.15) is 5.75 Å². The highest BCUT2D eigenvalue weighted by Gasteiger charge is 2.57. The van der Waals surface area contributed by atoms with Gasteiger partial charge < -0.3 is 10.5 Å². The van der Waals surface area contributed by atoms with Crippen LogP contribution < -0.4 is 10.5 Å². The normalized spacial score (nSPS) is 25.7. The monoisotopic (exact) mass is 233 g/mol. The molecule has 1 aromatic carbocycles. The van der Waals surface area contributed by atoms with E-state index in [-0.39, 0.29) is 0 Å². The Balaban J connectivity index is 2.24. The Kier molecular flexibility index (Phi) is 3.17. The second-order valence-corrected chi connectivity index (χ2v) is 5.59. The summed E-state index contributed by atoms with van der Waals surface area (Å²) < 4.78 is 5.52. The van der Waals surface area contributed by atoms with E-state index in [0.29, 0.717) is 17.3 Å². The third-order valence-corrected chi connectivity index (χ3v) is 4.19. The van der Waals surface area contributed by atoms with Gasteiger partial charge >= 0.3 is 0 Å². The summed E-state index contributed by atoms with van der Waals surface area (Å²) in [6.07, 6.45) is 0. The summed E-state index contributed by atoms with van der Waals surface area (Å²) in [5, 5.41) is 0. The zero-order valence-electron chi connectivity index (χ0n) is 11.3. The standard InChI is InChI=1S/C15H23NO/c1-5-17-11-6-7-12(10(2)8-11)14-13(9-16)15(14,3)4/h6-8,13-14H,5,9,16H2,1-4H3/t13-,14-/m0/s1. The molecule has 2 rings (SSSR count). The maximum Gasteiger partial charge on any atom is 0.119 e. The molecule has 17 heavy (non-hydrogen) atoms. The fraction of sp³-hybridized carbons (Fsp3) is 0.600. The number of benzene rings is 1. The molecular formula is C15H23NO. The molecule has 0 radical (unpaired) electrons. The number of hydrogen-bond acceptors (Lipinski definition) is 2. The zero-order valence-corrected chi connectivity index (χ0v) is 11.3. The number of nitrogens with two attached hydrogens (primary N) is 1. The minimum absolute atomic E-state index is 0.354. The molecule has 1 fully saturated rings. The maximum atomic E-state index is 5.84. The van der Waals surface area contributed by atoms with Gasteiger partial charge in [0.2, 0.25) is 0 Å². The predicted molar refractivity (Wildman–Crippen MR) is 71.4 cm³/mol. The van der Waals surface area contributed by atoms with E-state index in [1.807, 2.05) is 6.92 Å². The van der Waals surface area contributed by atoms with E-state index in [9.17, 15) is 0 Å². The van der Waals surface area contributed by atoms with Gasteiger partial charge in [0, 0.05) is 0 Å². The summed E-state index contributed by atoms with van der Waals surface area (Å²) in [4.78, 5) is 0. The Bertz CT molecular complexity index is 411. The van der Waals surface area contributed by atoms with Crippen LogP contribution in [-0.2, 0) is 0 Å². The van der Waals surface area contributed by atoms with E-state index >= 15 is 0 Å². The van der Waals surface area contributed by atoms with Crippen LogP contribution in [0.4, 0.5) is 0 Å². The van der Waals surface area contributed by atoms with Gasteiger partial charge in [0.25, 0.3) is 0 Å². The topological polar surface area (TPSA) is 35.2 Å².